The number of aromatic nitrogens is 1. The molecule has 2 aromatic rings. The van der Waals surface area contributed by atoms with Crippen LogP contribution in [0.2, 0.25) is 0 Å². The van der Waals surface area contributed by atoms with Gasteiger partial charge in [0, 0.05) is 23.4 Å². The van der Waals surface area contributed by atoms with Crippen LogP contribution >= 0.6 is 0 Å². The quantitative estimate of drug-likeness (QED) is 0.910. The van der Waals surface area contributed by atoms with Crippen molar-refractivity contribution in [2.75, 3.05) is 7.11 Å². The number of hydrogen-bond acceptors (Lipinski definition) is 4. The van der Waals surface area contributed by atoms with Crippen molar-refractivity contribution in [1.82, 2.24) is 4.98 Å². The van der Waals surface area contributed by atoms with Crippen molar-refractivity contribution < 1.29 is 14.6 Å². The fourth-order valence-electron chi connectivity index (χ4n) is 2.02. The first-order chi connectivity index (χ1) is 9.62. The molecule has 0 fully saturated rings. The molecule has 0 radical (unpaired) electrons. The maximum absolute atomic E-state index is 9.35. The maximum Gasteiger partial charge on any atom is 0.130 e. The summed E-state index contributed by atoms with van der Waals surface area (Å²) in [4.78, 5) is 4.40. The highest BCUT2D eigenvalue weighted by atomic mass is 16.5. The first-order valence-corrected chi connectivity index (χ1v) is 6.47. The molecule has 1 aromatic heterocycles. The molecule has 0 aliphatic carbocycles. The predicted molar refractivity (Wildman–Crippen MR) is 77.0 cm³/mol. The van der Waals surface area contributed by atoms with Crippen LogP contribution in [0.1, 0.15) is 22.5 Å². The van der Waals surface area contributed by atoms with Gasteiger partial charge in [-0.25, -0.2) is 0 Å². The van der Waals surface area contributed by atoms with Gasteiger partial charge in [0.15, 0.2) is 0 Å². The van der Waals surface area contributed by atoms with Gasteiger partial charge in [-0.2, -0.15) is 0 Å². The molecule has 0 spiro atoms. The maximum atomic E-state index is 9.35. The van der Waals surface area contributed by atoms with E-state index >= 15 is 0 Å². The molecule has 1 aromatic carbocycles. The number of aryl methyl sites for hydroxylation is 2. The molecule has 2 rings (SSSR count). The largest absolute Gasteiger partial charge is 0.497 e. The van der Waals surface area contributed by atoms with E-state index in [1.165, 1.54) is 0 Å². The van der Waals surface area contributed by atoms with Crippen LogP contribution in [0.25, 0.3) is 0 Å². The number of hydrogen-bond donors (Lipinski definition) is 1. The van der Waals surface area contributed by atoms with Crippen molar-refractivity contribution >= 4 is 0 Å². The Kier molecular flexibility index (Phi) is 4.58. The predicted octanol–water partition coefficient (Wildman–Crippen LogP) is 2.78. The van der Waals surface area contributed by atoms with Crippen LogP contribution in [0, 0.1) is 13.8 Å². The van der Waals surface area contributed by atoms with E-state index in [-0.39, 0.29) is 6.61 Å². The second-order valence-corrected chi connectivity index (χ2v) is 4.70. The van der Waals surface area contributed by atoms with Crippen molar-refractivity contribution in [3.05, 3.63) is 52.8 Å². The van der Waals surface area contributed by atoms with E-state index in [1.54, 1.807) is 7.11 Å². The van der Waals surface area contributed by atoms with Gasteiger partial charge >= 0.3 is 0 Å². The lowest BCUT2D eigenvalue weighted by Crippen LogP contribution is -2.02. The van der Waals surface area contributed by atoms with E-state index in [0.717, 1.165) is 28.3 Å². The third-order valence-corrected chi connectivity index (χ3v) is 2.98. The van der Waals surface area contributed by atoms with Crippen molar-refractivity contribution in [3.8, 4) is 11.5 Å². The molecule has 4 heteroatoms. The average Bonchev–Trinajstić information content (AvgIpc) is 2.45. The Hall–Kier alpha value is -2.07. The number of pyridine rings is 1. The van der Waals surface area contributed by atoms with Gasteiger partial charge in [0.25, 0.3) is 0 Å². The van der Waals surface area contributed by atoms with Crippen molar-refractivity contribution in [3.63, 3.8) is 0 Å². The van der Waals surface area contributed by atoms with Gasteiger partial charge in [-0.15, -0.1) is 0 Å². The van der Waals surface area contributed by atoms with Crippen LogP contribution in [-0.4, -0.2) is 17.2 Å². The van der Waals surface area contributed by atoms with Crippen LogP contribution < -0.4 is 9.47 Å². The van der Waals surface area contributed by atoms with E-state index in [4.69, 9.17) is 9.47 Å². The van der Waals surface area contributed by atoms with Gasteiger partial charge < -0.3 is 14.6 Å². The van der Waals surface area contributed by atoms with Crippen molar-refractivity contribution in [2.24, 2.45) is 0 Å². The molecule has 1 N–H and O–H groups in total. The number of rotatable bonds is 5. The molecule has 0 saturated heterocycles. The number of nitrogens with zero attached hydrogens (tertiary/aromatic N) is 1. The molecule has 106 valence electrons. The van der Waals surface area contributed by atoms with Crippen LogP contribution in [0.5, 0.6) is 11.5 Å². The summed E-state index contributed by atoms with van der Waals surface area (Å²) in [6, 6.07) is 9.46. The third-order valence-electron chi connectivity index (χ3n) is 2.98. The lowest BCUT2D eigenvalue weighted by atomic mass is 10.1. The number of aliphatic hydroxyl groups excluding tert-OH is 1. The summed E-state index contributed by atoms with van der Waals surface area (Å²) in [5, 5.41) is 9.35. The molecule has 0 unspecified atom stereocenters. The highest BCUT2D eigenvalue weighted by Crippen LogP contribution is 2.22. The Balaban J connectivity index is 2.14. The zero-order valence-corrected chi connectivity index (χ0v) is 12.0. The smallest absolute Gasteiger partial charge is 0.130 e. The van der Waals surface area contributed by atoms with Crippen LogP contribution in [0.3, 0.4) is 0 Å². The summed E-state index contributed by atoms with van der Waals surface area (Å²) in [6.07, 6.45) is 0. The number of methoxy groups -OCH3 is 1. The van der Waals surface area contributed by atoms with Gasteiger partial charge in [0.1, 0.15) is 18.1 Å². The number of benzene rings is 1. The van der Waals surface area contributed by atoms with E-state index in [0.29, 0.717) is 12.4 Å². The first-order valence-electron chi connectivity index (χ1n) is 6.47. The monoisotopic (exact) mass is 273 g/mol. The fraction of sp³-hybridized carbons (Fsp3) is 0.312. The van der Waals surface area contributed by atoms with Gasteiger partial charge in [-0.1, -0.05) is 17.7 Å². The summed E-state index contributed by atoms with van der Waals surface area (Å²) in [5.41, 5.74) is 3.56. The number of aliphatic hydroxyl groups is 1. The molecular weight excluding hydrogens is 254 g/mol. The third kappa shape index (κ3) is 3.48. The molecular formula is C16H19NO3. The second kappa shape index (κ2) is 6.39. The second-order valence-electron chi connectivity index (χ2n) is 4.70. The lowest BCUT2D eigenvalue weighted by Gasteiger charge is -2.11. The SMILES string of the molecule is COc1cc(C)nc(COc2ccc(C)cc2CO)c1. The molecule has 0 aliphatic rings. The Morgan fingerprint density at radius 3 is 2.65 bits per heavy atom. The van der Waals surface area contributed by atoms with E-state index in [2.05, 4.69) is 4.98 Å². The minimum Gasteiger partial charge on any atom is -0.497 e. The first kappa shape index (κ1) is 14.3. The molecule has 0 bridgehead atoms. The molecule has 0 saturated carbocycles. The highest BCUT2D eigenvalue weighted by Gasteiger charge is 2.06. The van der Waals surface area contributed by atoms with Gasteiger partial charge in [-0.05, 0) is 19.9 Å². The summed E-state index contributed by atoms with van der Waals surface area (Å²) in [5.74, 6) is 1.45. The summed E-state index contributed by atoms with van der Waals surface area (Å²) < 4.78 is 11.0. The molecule has 0 atom stereocenters. The average molecular weight is 273 g/mol. The Labute approximate surface area is 119 Å². The molecule has 1 heterocycles. The van der Waals surface area contributed by atoms with Gasteiger partial charge in [-0.3, -0.25) is 4.98 Å². The van der Waals surface area contributed by atoms with Gasteiger partial charge in [0.2, 0.25) is 0 Å². The zero-order chi connectivity index (χ0) is 14.5. The minimum absolute atomic E-state index is 0.0401. The van der Waals surface area contributed by atoms with Crippen LogP contribution in [0.4, 0.5) is 0 Å². The number of ether oxygens (including phenoxy) is 2. The molecule has 0 amide bonds. The highest BCUT2D eigenvalue weighted by molar-refractivity contribution is 5.36. The summed E-state index contributed by atoms with van der Waals surface area (Å²) >= 11 is 0. The van der Waals surface area contributed by atoms with Crippen molar-refractivity contribution in [1.29, 1.82) is 0 Å². The standard InChI is InChI=1S/C16H19NO3/c1-11-4-5-16(13(6-11)9-18)20-10-14-8-15(19-3)7-12(2)17-14/h4-8,18H,9-10H2,1-3H3. The van der Waals surface area contributed by atoms with E-state index in [9.17, 15) is 5.11 Å². The Morgan fingerprint density at radius 1 is 1.15 bits per heavy atom. The van der Waals surface area contributed by atoms with E-state index < -0.39 is 0 Å². The fourth-order valence-corrected chi connectivity index (χ4v) is 2.02. The normalized spacial score (nSPS) is 10.4. The topological polar surface area (TPSA) is 51.6 Å². The zero-order valence-electron chi connectivity index (χ0n) is 12.0. The van der Waals surface area contributed by atoms with Crippen LogP contribution in [0.15, 0.2) is 30.3 Å². The van der Waals surface area contributed by atoms with Crippen LogP contribution in [-0.2, 0) is 13.2 Å². The Morgan fingerprint density at radius 2 is 1.95 bits per heavy atom. The van der Waals surface area contributed by atoms with Crippen molar-refractivity contribution in [2.45, 2.75) is 27.1 Å². The summed E-state index contributed by atoms with van der Waals surface area (Å²) in [6.45, 7) is 4.20. The van der Waals surface area contributed by atoms with Gasteiger partial charge in [0.05, 0.1) is 19.4 Å². The summed E-state index contributed by atoms with van der Waals surface area (Å²) in [7, 11) is 1.63. The molecule has 20 heavy (non-hydrogen) atoms. The Bertz CT molecular complexity index is 596. The van der Waals surface area contributed by atoms with E-state index in [1.807, 2.05) is 44.2 Å². The minimum atomic E-state index is -0.0401. The lowest BCUT2D eigenvalue weighted by molar-refractivity contribution is 0.257. The molecule has 0 aliphatic heterocycles. The molecule has 4 nitrogen and oxygen atoms in total.